The molecule has 0 aromatic heterocycles. The number of benzene rings is 1. The van der Waals surface area contributed by atoms with E-state index in [1.807, 2.05) is 38.1 Å². The molecule has 0 radical (unpaired) electrons. The molecule has 142 valence electrons. The van der Waals surface area contributed by atoms with Crippen molar-refractivity contribution in [2.75, 3.05) is 13.2 Å². The van der Waals surface area contributed by atoms with Crippen LogP contribution >= 0.6 is 0 Å². The fourth-order valence-electron chi connectivity index (χ4n) is 2.89. The SMILES string of the molecule is CCCCOc1ccccc1C1NC(=O)NC(C(C)C)=C1C(=O)OCC. The van der Waals surface area contributed by atoms with Crippen molar-refractivity contribution in [3.63, 3.8) is 0 Å². The summed E-state index contributed by atoms with van der Waals surface area (Å²) in [6, 6.07) is 6.53. The molecular formula is C20H28N2O4. The zero-order valence-corrected chi connectivity index (χ0v) is 15.9. The third kappa shape index (κ3) is 4.56. The summed E-state index contributed by atoms with van der Waals surface area (Å²) < 4.78 is 11.2. The predicted octanol–water partition coefficient (Wildman–Crippen LogP) is 3.69. The fourth-order valence-corrected chi connectivity index (χ4v) is 2.89. The number of rotatable bonds is 8. The third-order valence-corrected chi connectivity index (χ3v) is 4.16. The van der Waals surface area contributed by atoms with Gasteiger partial charge in [0.2, 0.25) is 0 Å². The van der Waals surface area contributed by atoms with Gasteiger partial charge in [0.15, 0.2) is 0 Å². The van der Waals surface area contributed by atoms with Gasteiger partial charge in [0.05, 0.1) is 24.8 Å². The number of unbranched alkanes of at least 4 members (excludes halogenated alkanes) is 1. The summed E-state index contributed by atoms with van der Waals surface area (Å²) in [7, 11) is 0. The van der Waals surface area contributed by atoms with Gasteiger partial charge in [-0.25, -0.2) is 9.59 Å². The highest BCUT2D eigenvalue weighted by atomic mass is 16.5. The van der Waals surface area contributed by atoms with Crippen LogP contribution in [-0.4, -0.2) is 25.2 Å². The van der Waals surface area contributed by atoms with Crippen molar-refractivity contribution in [2.45, 2.75) is 46.6 Å². The second-order valence-corrected chi connectivity index (χ2v) is 6.47. The van der Waals surface area contributed by atoms with E-state index in [1.165, 1.54) is 0 Å². The Balaban J connectivity index is 2.49. The summed E-state index contributed by atoms with van der Waals surface area (Å²) in [5.41, 5.74) is 1.76. The van der Waals surface area contributed by atoms with E-state index in [9.17, 15) is 9.59 Å². The zero-order chi connectivity index (χ0) is 19.1. The molecule has 0 bridgehead atoms. The minimum absolute atomic E-state index is 0.0314. The van der Waals surface area contributed by atoms with E-state index in [0.29, 0.717) is 23.6 Å². The summed E-state index contributed by atoms with van der Waals surface area (Å²) in [5, 5.41) is 5.61. The number of carbonyl (C=O) groups excluding carboxylic acids is 2. The average Bonchev–Trinajstić information content (AvgIpc) is 2.61. The predicted molar refractivity (Wildman–Crippen MR) is 99.8 cm³/mol. The standard InChI is InChI=1S/C20H28N2O4/c1-5-7-12-26-15-11-9-8-10-14(15)18-16(19(23)25-6-2)17(13(3)4)21-20(24)22-18/h8-11,13,18H,5-7,12H2,1-4H3,(H2,21,22,24). The Kier molecular flexibility index (Phi) is 7.06. The minimum Gasteiger partial charge on any atom is -0.493 e. The fraction of sp³-hybridized carbons (Fsp3) is 0.500. The van der Waals surface area contributed by atoms with Crippen LogP contribution < -0.4 is 15.4 Å². The lowest BCUT2D eigenvalue weighted by Gasteiger charge is -2.31. The molecule has 1 aromatic carbocycles. The Morgan fingerprint density at radius 3 is 2.62 bits per heavy atom. The number of allylic oxidation sites excluding steroid dienone is 1. The summed E-state index contributed by atoms with van der Waals surface area (Å²) in [4.78, 5) is 24.9. The molecule has 0 saturated heterocycles. The molecule has 1 unspecified atom stereocenters. The van der Waals surface area contributed by atoms with E-state index < -0.39 is 12.0 Å². The maximum atomic E-state index is 12.7. The molecule has 6 nitrogen and oxygen atoms in total. The Labute approximate surface area is 154 Å². The smallest absolute Gasteiger partial charge is 0.338 e. The van der Waals surface area contributed by atoms with Crippen molar-refractivity contribution in [1.29, 1.82) is 0 Å². The number of carbonyl (C=O) groups is 2. The lowest BCUT2D eigenvalue weighted by Crippen LogP contribution is -2.47. The van der Waals surface area contributed by atoms with Gasteiger partial charge in [0.1, 0.15) is 5.75 Å². The van der Waals surface area contributed by atoms with Crippen molar-refractivity contribution in [1.82, 2.24) is 10.6 Å². The molecule has 2 N–H and O–H groups in total. The molecular weight excluding hydrogens is 332 g/mol. The highest BCUT2D eigenvalue weighted by Gasteiger charge is 2.36. The number of nitrogens with one attached hydrogen (secondary N) is 2. The van der Waals surface area contributed by atoms with Gasteiger partial charge in [-0.05, 0) is 25.3 Å². The first-order chi connectivity index (χ1) is 12.5. The molecule has 26 heavy (non-hydrogen) atoms. The third-order valence-electron chi connectivity index (χ3n) is 4.16. The second-order valence-electron chi connectivity index (χ2n) is 6.47. The van der Waals surface area contributed by atoms with E-state index in [4.69, 9.17) is 9.47 Å². The zero-order valence-electron chi connectivity index (χ0n) is 15.9. The van der Waals surface area contributed by atoms with E-state index in [-0.39, 0.29) is 18.6 Å². The number of hydrogen-bond donors (Lipinski definition) is 2. The molecule has 1 heterocycles. The van der Waals surface area contributed by atoms with Crippen LogP contribution in [0.25, 0.3) is 0 Å². The van der Waals surface area contributed by atoms with Gasteiger partial charge in [0.25, 0.3) is 0 Å². The lowest BCUT2D eigenvalue weighted by atomic mass is 9.91. The van der Waals surface area contributed by atoms with Crippen molar-refractivity contribution in [3.8, 4) is 5.75 Å². The largest absolute Gasteiger partial charge is 0.493 e. The van der Waals surface area contributed by atoms with Gasteiger partial charge in [-0.2, -0.15) is 0 Å². The molecule has 6 heteroatoms. The van der Waals surface area contributed by atoms with Crippen molar-refractivity contribution in [3.05, 3.63) is 41.1 Å². The normalized spacial score (nSPS) is 17.0. The van der Waals surface area contributed by atoms with Gasteiger partial charge >= 0.3 is 12.0 Å². The number of amides is 2. The molecule has 1 atom stereocenters. The summed E-state index contributed by atoms with van der Waals surface area (Å²) in [5.74, 6) is 0.200. The summed E-state index contributed by atoms with van der Waals surface area (Å²) in [6.45, 7) is 8.57. The van der Waals surface area contributed by atoms with Crippen LogP contribution in [0.2, 0.25) is 0 Å². The highest BCUT2D eigenvalue weighted by Crippen LogP contribution is 2.35. The van der Waals surface area contributed by atoms with Gasteiger partial charge in [-0.3, -0.25) is 0 Å². The maximum Gasteiger partial charge on any atom is 0.338 e. The summed E-state index contributed by atoms with van der Waals surface area (Å²) in [6.07, 6.45) is 1.96. The van der Waals surface area contributed by atoms with Crippen LogP contribution in [-0.2, 0) is 9.53 Å². The van der Waals surface area contributed by atoms with Gasteiger partial charge in [0, 0.05) is 11.3 Å². The number of ether oxygens (including phenoxy) is 2. The van der Waals surface area contributed by atoms with Gasteiger partial charge in [-0.1, -0.05) is 45.4 Å². The van der Waals surface area contributed by atoms with Crippen LogP contribution in [0.3, 0.4) is 0 Å². The second kappa shape index (κ2) is 9.27. The van der Waals surface area contributed by atoms with Crippen LogP contribution in [0.1, 0.15) is 52.1 Å². The van der Waals surface area contributed by atoms with Crippen molar-refractivity contribution in [2.24, 2.45) is 5.92 Å². The van der Waals surface area contributed by atoms with E-state index >= 15 is 0 Å². The average molecular weight is 360 g/mol. The molecule has 1 aliphatic heterocycles. The lowest BCUT2D eigenvalue weighted by molar-refractivity contribution is -0.139. The van der Waals surface area contributed by atoms with Crippen molar-refractivity contribution < 1.29 is 19.1 Å². The molecule has 0 saturated carbocycles. The Morgan fingerprint density at radius 2 is 1.96 bits per heavy atom. The Hall–Kier alpha value is -2.50. The number of hydrogen-bond acceptors (Lipinski definition) is 4. The van der Waals surface area contributed by atoms with Gasteiger partial charge in [-0.15, -0.1) is 0 Å². The molecule has 2 amide bonds. The first kappa shape index (κ1) is 19.8. The topological polar surface area (TPSA) is 76.7 Å². The van der Waals surface area contributed by atoms with E-state index in [1.54, 1.807) is 6.92 Å². The first-order valence-electron chi connectivity index (χ1n) is 9.19. The minimum atomic E-state index is -0.613. The van der Waals surface area contributed by atoms with Crippen LogP contribution in [0, 0.1) is 5.92 Å². The highest BCUT2D eigenvalue weighted by molar-refractivity contribution is 5.95. The van der Waals surface area contributed by atoms with Crippen molar-refractivity contribution >= 4 is 12.0 Å². The Bertz CT molecular complexity index is 682. The molecule has 1 aromatic rings. The maximum absolute atomic E-state index is 12.7. The monoisotopic (exact) mass is 360 g/mol. The van der Waals surface area contributed by atoms with E-state index in [0.717, 1.165) is 18.4 Å². The molecule has 0 spiro atoms. The number of urea groups is 1. The quantitative estimate of drug-likeness (QED) is 0.547. The number of esters is 1. The summed E-state index contributed by atoms with van der Waals surface area (Å²) >= 11 is 0. The van der Waals surface area contributed by atoms with Gasteiger partial charge < -0.3 is 20.1 Å². The molecule has 0 fully saturated rings. The van der Waals surface area contributed by atoms with Crippen LogP contribution in [0.5, 0.6) is 5.75 Å². The molecule has 1 aliphatic rings. The van der Waals surface area contributed by atoms with Crippen LogP contribution in [0.15, 0.2) is 35.5 Å². The van der Waals surface area contributed by atoms with Crippen LogP contribution in [0.4, 0.5) is 4.79 Å². The molecule has 2 rings (SSSR count). The number of para-hydroxylation sites is 1. The Morgan fingerprint density at radius 1 is 1.23 bits per heavy atom. The van der Waals surface area contributed by atoms with E-state index in [2.05, 4.69) is 17.6 Å². The molecule has 0 aliphatic carbocycles. The first-order valence-corrected chi connectivity index (χ1v) is 9.19.